The van der Waals surface area contributed by atoms with Gasteiger partial charge in [-0.25, -0.2) is 23.5 Å². The fourth-order valence-corrected chi connectivity index (χ4v) is 3.27. The van der Waals surface area contributed by atoms with E-state index < -0.39 is 17.6 Å². The standard InChI is InChI=1S/C21H18BrF2N3O4/c22-13-8-16(23)14(17(24)9-13)3-4-25-20-10-18(26-11-27-20)12-1-2-15(21(29)30)19(7-12)31-6-5-28/h1-2,7-11,28H,3-6H2,(H,29,30)(H,25,26,27). The first-order chi connectivity index (χ1) is 14.9. The number of nitrogens with zero attached hydrogens (tertiary/aromatic N) is 2. The van der Waals surface area contributed by atoms with Crippen molar-refractivity contribution in [2.24, 2.45) is 0 Å². The number of ether oxygens (including phenoxy) is 1. The first-order valence-electron chi connectivity index (χ1n) is 9.19. The number of anilines is 1. The van der Waals surface area contributed by atoms with Crippen molar-refractivity contribution in [1.82, 2.24) is 9.97 Å². The van der Waals surface area contributed by atoms with Crippen LogP contribution in [0.5, 0.6) is 5.75 Å². The topological polar surface area (TPSA) is 105 Å². The molecule has 0 atom stereocenters. The van der Waals surface area contributed by atoms with E-state index in [1.807, 2.05) is 0 Å². The lowest BCUT2D eigenvalue weighted by atomic mass is 10.1. The summed E-state index contributed by atoms with van der Waals surface area (Å²) in [7, 11) is 0. The largest absolute Gasteiger partial charge is 0.490 e. The molecule has 0 aliphatic heterocycles. The molecule has 0 saturated heterocycles. The summed E-state index contributed by atoms with van der Waals surface area (Å²) < 4.78 is 33.5. The molecule has 0 saturated carbocycles. The summed E-state index contributed by atoms with van der Waals surface area (Å²) in [6, 6.07) is 8.52. The van der Waals surface area contributed by atoms with E-state index in [9.17, 15) is 18.7 Å². The van der Waals surface area contributed by atoms with Crippen molar-refractivity contribution in [1.29, 1.82) is 0 Å². The first kappa shape index (κ1) is 22.6. The molecular weight excluding hydrogens is 476 g/mol. The number of hydrogen-bond acceptors (Lipinski definition) is 6. The van der Waals surface area contributed by atoms with Crippen LogP contribution in [-0.2, 0) is 6.42 Å². The Labute approximate surface area is 184 Å². The van der Waals surface area contributed by atoms with Gasteiger partial charge < -0.3 is 20.3 Å². The maximum absolute atomic E-state index is 13.9. The van der Waals surface area contributed by atoms with E-state index in [1.165, 1.54) is 30.6 Å². The molecular formula is C21H18BrF2N3O4. The van der Waals surface area contributed by atoms with Crippen molar-refractivity contribution in [3.63, 3.8) is 0 Å². The van der Waals surface area contributed by atoms with Crippen LogP contribution in [0.3, 0.4) is 0 Å². The molecule has 1 heterocycles. The molecule has 0 aliphatic rings. The van der Waals surface area contributed by atoms with E-state index in [0.717, 1.165) is 0 Å². The highest BCUT2D eigenvalue weighted by molar-refractivity contribution is 9.10. The Balaban J connectivity index is 1.75. The Kier molecular flexibility index (Phi) is 7.48. The Morgan fingerprint density at radius 3 is 2.55 bits per heavy atom. The zero-order valence-corrected chi connectivity index (χ0v) is 17.7. The van der Waals surface area contributed by atoms with E-state index >= 15 is 0 Å². The van der Waals surface area contributed by atoms with Crippen LogP contribution in [0.2, 0.25) is 0 Å². The third-order valence-corrected chi connectivity index (χ3v) is 4.77. The Morgan fingerprint density at radius 2 is 1.87 bits per heavy atom. The molecule has 0 radical (unpaired) electrons. The van der Waals surface area contributed by atoms with Gasteiger partial charge in [0.1, 0.15) is 41.7 Å². The number of aliphatic hydroxyl groups excluding tert-OH is 1. The normalized spacial score (nSPS) is 10.7. The number of carboxylic acid groups (broad SMARTS) is 1. The van der Waals surface area contributed by atoms with Crippen LogP contribution < -0.4 is 10.1 Å². The fraction of sp³-hybridized carbons (Fsp3) is 0.190. The number of nitrogens with one attached hydrogen (secondary N) is 1. The van der Waals surface area contributed by atoms with Crippen molar-refractivity contribution in [3.05, 3.63) is 70.0 Å². The molecule has 0 aliphatic carbocycles. The van der Waals surface area contributed by atoms with Crippen LogP contribution >= 0.6 is 15.9 Å². The second-order valence-electron chi connectivity index (χ2n) is 6.40. The van der Waals surface area contributed by atoms with Gasteiger partial charge in [0.15, 0.2) is 0 Å². The van der Waals surface area contributed by atoms with Gasteiger partial charge in [0.25, 0.3) is 0 Å². The number of aliphatic hydroxyl groups is 1. The van der Waals surface area contributed by atoms with Crippen LogP contribution in [0.1, 0.15) is 15.9 Å². The molecule has 31 heavy (non-hydrogen) atoms. The average Bonchev–Trinajstić information content (AvgIpc) is 2.74. The lowest BCUT2D eigenvalue weighted by Gasteiger charge is -2.11. The minimum atomic E-state index is -1.16. The van der Waals surface area contributed by atoms with Crippen molar-refractivity contribution in [3.8, 4) is 17.0 Å². The van der Waals surface area contributed by atoms with E-state index in [1.54, 1.807) is 12.1 Å². The molecule has 162 valence electrons. The maximum Gasteiger partial charge on any atom is 0.339 e. The first-order valence-corrected chi connectivity index (χ1v) is 9.99. The van der Waals surface area contributed by atoms with Gasteiger partial charge in [-0.3, -0.25) is 0 Å². The molecule has 3 aromatic rings. The minimum Gasteiger partial charge on any atom is -0.490 e. The molecule has 1 aromatic heterocycles. The SMILES string of the molecule is O=C(O)c1ccc(-c2cc(NCCc3c(F)cc(Br)cc3F)ncn2)cc1OCCO. The monoisotopic (exact) mass is 493 g/mol. The van der Waals surface area contributed by atoms with Crippen LogP contribution in [-0.4, -0.2) is 45.9 Å². The third-order valence-electron chi connectivity index (χ3n) is 4.31. The molecule has 0 bridgehead atoms. The highest BCUT2D eigenvalue weighted by Crippen LogP contribution is 2.27. The number of halogens is 3. The number of carboxylic acids is 1. The summed E-state index contributed by atoms with van der Waals surface area (Å²) >= 11 is 3.05. The van der Waals surface area contributed by atoms with E-state index in [2.05, 4.69) is 31.2 Å². The summed E-state index contributed by atoms with van der Waals surface area (Å²) in [5.41, 5.74) is 1.00. The zero-order chi connectivity index (χ0) is 22.4. The molecule has 0 spiro atoms. The van der Waals surface area contributed by atoms with Crippen molar-refractivity contribution in [2.45, 2.75) is 6.42 Å². The van der Waals surface area contributed by atoms with Crippen LogP contribution in [0, 0.1) is 11.6 Å². The number of rotatable bonds is 9. The summed E-state index contributed by atoms with van der Waals surface area (Å²) in [5.74, 6) is -1.88. The van der Waals surface area contributed by atoms with Gasteiger partial charge in [-0.05, 0) is 30.7 Å². The second-order valence-corrected chi connectivity index (χ2v) is 7.32. The summed E-state index contributed by atoms with van der Waals surface area (Å²) in [6.07, 6.45) is 1.43. The number of aromatic carboxylic acids is 1. The summed E-state index contributed by atoms with van der Waals surface area (Å²) in [4.78, 5) is 19.6. The van der Waals surface area contributed by atoms with Gasteiger partial charge in [-0.1, -0.05) is 22.0 Å². The van der Waals surface area contributed by atoms with Gasteiger partial charge in [0, 0.05) is 28.2 Å². The van der Waals surface area contributed by atoms with E-state index in [4.69, 9.17) is 9.84 Å². The lowest BCUT2D eigenvalue weighted by Crippen LogP contribution is -2.09. The van der Waals surface area contributed by atoms with E-state index in [-0.39, 0.29) is 43.1 Å². The van der Waals surface area contributed by atoms with Gasteiger partial charge in [0.2, 0.25) is 0 Å². The summed E-state index contributed by atoms with van der Waals surface area (Å²) in [5, 5.41) is 21.2. The molecule has 0 amide bonds. The number of aromatic nitrogens is 2. The van der Waals surface area contributed by atoms with E-state index in [0.29, 0.717) is 21.5 Å². The highest BCUT2D eigenvalue weighted by atomic mass is 79.9. The molecule has 2 aromatic carbocycles. The fourth-order valence-electron chi connectivity index (χ4n) is 2.87. The highest BCUT2D eigenvalue weighted by Gasteiger charge is 2.14. The van der Waals surface area contributed by atoms with Crippen molar-refractivity contribution in [2.75, 3.05) is 25.1 Å². The molecule has 3 N–H and O–H groups in total. The minimum absolute atomic E-state index is 0.0279. The van der Waals surface area contributed by atoms with Crippen LogP contribution in [0.15, 0.2) is 47.2 Å². The zero-order valence-electron chi connectivity index (χ0n) is 16.1. The molecule has 0 unspecified atom stereocenters. The smallest absolute Gasteiger partial charge is 0.339 e. The number of hydrogen-bond donors (Lipinski definition) is 3. The Bertz CT molecular complexity index is 1070. The quantitative estimate of drug-likeness (QED) is 0.415. The van der Waals surface area contributed by atoms with Gasteiger partial charge in [-0.2, -0.15) is 0 Å². The van der Waals surface area contributed by atoms with Crippen molar-refractivity contribution < 1.29 is 28.5 Å². The van der Waals surface area contributed by atoms with Crippen LogP contribution in [0.25, 0.3) is 11.3 Å². The molecule has 3 rings (SSSR count). The van der Waals surface area contributed by atoms with Crippen LogP contribution in [0.4, 0.5) is 14.6 Å². The molecule has 0 fully saturated rings. The van der Waals surface area contributed by atoms with Gasteiger partial charge in [-0.15, -0.1) is 0 Å². The van der Waals surface area contributed by atoms with Gasteiger partial charge in [0.05, 0.1) is 12.3 Å². The molecule has 10 heteroatoms. The number of benzene rings is 2. The Hall–Kier alpha value is -3.11. The maximum atomic E-state index is 13.9. The number of carbonyl (C=O) groups is 1. The Morgan fingerprint density at radius 1 is 1.13 bits per heavy atom. The predicted octanol–water partition coefficient (Wildman–Crippen LogP) is 3.91. The third kappa shape index (κ3) is 5.74. The van der Waals surface area contributed by atoms with Gasteiger partial charge >= 0.3 is 5.97 Å². The molecule has 7 nitrogen and oxygen atoms in total. The lowest BCUT2D eigenvalue weighted by molar-refractivity contribution is 0.0691. The predicted molar refractivity (Wildman–Crippen MR) is 113 cm³/mol. The second kappa shape index (κ2) is 10.3. The van der Waals surface area contributed by atoms with Crippen molar-refractivity contribution >= 4 is 27.7 Å². The summed E-state index contributed by atoms with van der Waals surface area (Å²) in [6.45, 7) is -0.0807. The average molecular weight is 494 g/mol.